The fourth-order valence-electron chi connectivity index (χ4n) is 4.30. The summed E-state index contributed by atoms with van der Waals surface area (Å²) >= 11 is 11.5. The lowest BCUT2D eigenvalue weighted by Gasteiger charge is -2.38. The van der Waals surface area contributed by atoms with Gasteiger partial charge in [-0.15, -0.1) is 0 Å². The van der Waals surface area contributed by atoms with Crippen LogP contribution >= 0.6 is 23.8 Å². The number of rotatable bonds is 0. The normalized spacial score (nSPS) is 33.0. The molecule has 0 aliphatic heterocycles. The third-order valence-electron chi connectivity index (χ3n) is 5.17. The molecule has 3 nitrogen and oxygen atoms in total. The molecule has 0 radical (unpaired) electrons. The van der Waals surface area contributed by atoms with Crippen molar-refractivity contribution in [3.63, 3.8) is 0 Å². The van der Waals surface area contributed by atoms with Crippen molar-refractivity contribution < 1.29 is 5.11 Å². The molecule has 2 N–H and O–H groups in total. The maximum atomic E-state index is 10.5. The highest BCUT2D eigenvalue weighted by Crippen LogP contribution is 2.57. The lowest BCUT2D eigenvalue weighted by molar-refractivity contribution is 0.213. The summed E-state index contributed by atoms with van der Waals surface area (Å²) in [4.78, 5) is 7.44. The van der Waals surface area contributed by atoms with Crippen molar-refractivity contribution in [1.82, 2.24) is 9.97 Å². The molecule has 3 aliphatic carbocycles. The summed E-state index contributed by atoms with van der Waals surface area (Å²) < 4.78 is 0.532. The van der Waals surface area contributed by atoms with Gasteiger partial charge in [-0.2, -0.15) is 0 Å². The quantitative estimate of drug-likeness (QED) is 0.562. The lowest BCUT2D eigenvalue weighted by Crippen LogP contribution is -2.33. The number of fused-ring (bicyclic) bond motifs is 3. The van der Waals surface area contributed by atoms with Crippen LogP contribution in [0.1, 0.15) is 31.0 Å². The fourth-order valence-corrected chi connectivity index (χ4v) is 4.81. The van der Waals surface area contributed by atoms with Crippen LogP contribution in [0.4, 0.5) is 0 Å². The molecule has 4 rings (SSSR count). The lowest BCUT2D eigenvalue weighted by atomic mass is 9.67. The Hall–Kier alpha value is -1.23. The molecule has 2 atom stereocenters. The van der Waals surface area contributed by atoms with Crippen LogP contribution in [0.25, 0.3) is 0 Å². The molecule has 0 fully saturated rings. The molecule has 1 heterocycles. The highest BCUT2D eigenvalue weighted by atomic mass is 35.5. The predicted octanol–water partition coefficient (Wildman–Crippen LogP) is 3.76. The highest BCUT2D eigenvalue weighted by molar-refractivity contribution is 7.71. The third-order valence-corrected chi connectivity index (χ3v) is 5.70. The van der Waals surface area contributed by atoms with Crippen molar-refractivity contribution in [3.8, 4) is 0 Å². The zero-order chi connectivity index (χ0) is 15.5. The van der Waals surface area contributed by atoms with Crippen molar-refractivity contribution in [2.45, 2.75) is 37.7 Å². The zero-order valence-corrected chi connectivity index (χ0v) is 13.9. The van der Waals surface area contributed by atoms with Gasteiger partial charge in [0.15, 0.2) is 9.83 Å². The van der Waals surface area contributed by atoms with E-state index < -0.39 is 5.06 Å². The largest absolute Gasteiger partial charge is 0.368 e. The Kier molecular flexibility index (Phi) is 3.03. The van der Waals surface area contributed by atoms with Crippen LogP contribution in [0.3, 0.4) is 0 Å². The molecule has 1 aromatic heterocycles. The Morgan fingerprint density at radius 2 is 2.23 bits per heavy atom. The third kappa shape index (κ3) is 1.98. The SMILES string of the molecule is CC1=C2C(=CC=CC2(O)Cl)[C@@]2(CCc3cnc(=S)[nH]c3C2)C1. The first-order valence-corrected chi connectivity index (χ1v) is 8.29. The molecule has 3 aliphatic rings. The number of alkyl halides is 1. The van der Waals surface area contributed by atoms with Gasteiger partial charge in [0.25, 0.3) is 0 Å². The average Bonchev–Trinajstić information content (AvgIpc) is 2.71. The second kappa shape index (κ2) is 4.63. The second-order valence-electron chi connectivity index (χ2n) is 6.59. The maximum absolute atomic E-state index is 10.5. The van der Waals surface area contributed by atoms with Crippen molar-refractivity contribution in [2.75, 3.05) is 0 Å². The van der Waals surface area contributed by atoms with E-state index in [1.807, 2.05) is 12.3 Å². The van der Waals surface area contributed by atoms with Gasteiger partial charge in [-0.05, 0) is 62.0 Å². The minimum atomic E-state index is -1.37. The molecule has 114 valence electrons. The van der Waals surface area contributed by atoms with Crippen LogP contribution in [0.2, 0.25) is 0 Å². The highest BCUT2D eigenvalue weighted by Gasteiger charge is 2.49. The predicted molar refractivity (Wildman–Crippen MR) is 89.2 cm³/mol. The summed E-state index contributed by atoms with van der Waals surface area (Å²) in [6.07, 6.45) is 11.4. The van der Waals surface area contributed by atoms with E-state index in [0.717, 1.165) is 31.3 Å². The van der Waals surface area contributed by atoms with Gasteiger partial charge in [0, 0.05) is 22.9 Å². The van der Waals surface area contributed by atoms with Crippen LogP contribution in [-0.2, 0) is 12.8 Å². The molecule has 0 saturated carbocycles. The minimum absolute atomic E-state index is 0.0136. The number of allylic oxidation sites excluding steroid dienone is 3. The molecule has 0 bridgehead atoms. The number of aliphatic hydroxyl groups is 1. The van der Waals surface area contributed by atoms with Crippen LogP contribution in [0.5, 0.6) is 0 Å². The summed E-state index contributed by atoms with van der Waals surface area (Å²) in [5.41, 5.74) is 5.70. The van der Waals surface area contributed by atoms with Crippen molar-refractivity contribution in [2.24, 2.45) is 5.41 Å². The first-order chi connectivity index (χ1) is 10.4. The van der Waals surface area contributed by atoms with Crippen LogP contribution in [0.15, 0.2) is 41.1 Å². The number of hydrogen-bond donors (Lipinski definition) is 2. The molecule has 5 heteroatoms. The number of aryl methyl sites for hydroxylation is 1. The summed E-state index contributed by atoms with van der Waals surface area (Å²) in [5, 5.41) is 9.14. The van der Waals surface area contributed by atoms with E-state index in [1.165, 1.54) is 22.4 Å². The monoisotopic (exact) mass is 332 g/mol. The van der Waals surface area contributed by atoms with Gasteiger partial charge in [-0.25, -0.2) is 4.98 Å². The summed E-state index contributed by atoms with van der Waals surface area (Å²) in [7, 11) is 0. The van der Waals surface area contributed by atoms with Gasteiger partial charge in [-0.1, -0.05) is 29.3 Å². The maximum Gasteiger partial charge on any atom is 0.196 e. The van der Waals surface area contributed by atoms with Gasteiger partial charge < -0.3 is 10.1 Å². The van der Waals surface area contributed by atoms with Gasteiger partial charge in [0.1, 0.15) is 0 Å². The Morgan fingerprint density at radius 1 is 1.41 bits per heavy atom. The van der Waals surface area contributed by atoms with Crippen LogP contribution in [0, 0.1) is 10.2 Å². The topological polar surface area (TPSA) is 48.9 Å². The van der Waals surface area contributed by atoms with Gasteiger partial charge >= 0.3 is 0 Å². The molecule has 1 unspecified atom stereocenters. The van der Waals surface area contributed by atoms with Gasteiger partial charge in [0.05, 0.1) is 0 Å². The molecular weight excluding hydrogens is 316 g/mol. The second-order valence-corrected chi connectivity index (χ2v) is 7.56. The number of nitrogens with zero attached hydrogens (tertiary/aromatic N) is 1. The minimum Gasteiger partial charge on any atom is -0.368 e. The first-order valence-electron chi connectivity index (χ1n) is 7.50. The number of aromatic amines is 1. The number of aromatic nitrogens is 2. The fraction of sp³-hybridized carbons (Fsp3) is 0.412. The van der Waals surface area contributed by atoms with Gasteiger partial charge in [0.2, 0.25) is 0 Å². The number of halogens is 1. The van der Waals surface area contributed by atoms with E-state index in [2.05, 4.69) is 23.0 Å². The standard InChI is InChI=1S/C17H17ClN2OS/c1-10-7-16(12-3-2-5-17(18,21)14(10)12)6-4-11-9-19-15(22)20-13(11)8-16/h2-3,5,9,21H,4,6-8H2,1H3,(H,19,20,22)/t16-,17?/m0/s1. The molecule has 22 heavy (non-hydrogen) atoms. The van der Waals surface area contributed by atoms with E-state index >= 15 is 0 Å². The molecule has 0 amide bonds. The van der Waals surface area contributed by atoms with Crippen molar-refractivity contribution >= 4 is 23.8 Å². The summed E-state index contributed by atoms with van der Waals surface area (Å²) in [6.45, 7) is 2.08. The smallest absolute Gasteiger partial charge is 0.196 e. The Bertz CT molecular complexity index is 818. The number of nitrogens with one attached hydrogen (secondary N) is 1. The molecule has 0 saturated heterocycles. The van der Waals surface area contributed by atoms with E-state index in [4.69, 9.17) is 23.8 Å². The molecular formula is C17H17ClN2OS. The molecule has 1 spiro atoms. The van der Waals surface area contributed by atoms with E-state index in [1.54, 1.807) is 6.08 Å². The average molecular weight is 333 g/mol. The van der Waals surface area contributed by atoms with E-state index in [0.29, 0.717) is 4.77 Å². The Balaban J connectivity index is 1.81. The first kappa shape index (κ1) is 14.4. The van der Waals surface area contributed by atoms with Crippen molar-refractivity contribution in [3.05, 3.63) is 57.2 Å². The van der Waals surface area contributed by atoms with Gasteiger partial charge in [-0.3, -0.25) is 0 Å². The number of hydrogen-bond acceptors (Lipinski definition) is 3. The van der Waals surface area contributed by atoms with Crippen molar-refractivity contribution in [1.29, 1.82) is 0 Å². The van der Waals surface area contributed by atoms with Crippen LogP contribution < -0.4 is 0 Å². The Morgan fingerprint density at radius 3 is 3.05 bits per heavy atom. The van der Waals surface area contributed by atoms with E-state index in [9.17, 15) is 5.11 Å². The summed E-state index contributed by atoms with van der Waals surface area (Å²) in [5.74, 6) is 0. The molecule has 1 aromatic rings. The zero-order valence-electron chi connectivity index (χ0n) is 12.3. The Labute approximate surface area is 139 Å². The van der Waals surface area contributed by atoms with E-state index in [-0.39, 0.29) is 5.41 Å². The summed E-state index contributed by atoms with van der Waals surface area (Å²) in [6, 6.07) is 0. The number of H-pyrrole nitrogens is 1. The molecule has 0 aromatic carbocycles. The van der Waals surface area contributed by atoms with Crippen LogP contribution in [-0.4, -0.2) is 20.1 Å².